The normalized spacial score (nSPS) is 19.9. The summed E-state index contributed by atoms with van der Waals surface area (Å²) in [6.45, 7) is 10.1. The van der Waals surface area contributed by atoms with Gasteiger partial charge in [-0.1, -0.05) is 45.0 Å². The fourth-order valence-corrected chi connectivity index (χ4v) is 2.88. The monoisotopic (exact) mass is 315 g/mol. The van der Waals surface area contributed by atoms with Gasteiger partial charge in [0.1, 0.15) is 6.10 Å². The van der Waals surface area contributed by atoms with Crippen LogP contribution in [0.1, 0.15) is 43.8 Å². The van der Waals surface area contributed by atoms with Crippen LogP contribution in [0.5, 0.6) is 0 Å². The number of hydrogen-bond donors (Lipinski definition) is 0. The molecule has 0 bridgehead atoms. The van der Waals surface area contributed by atoms with Crippen molar-refractivity contribution >= 4 is 0 Å². The Kier molecular flexibility index (Phi) is 4.46. The topological polar surface area (TPSA) is 56.1 Å². The third-order valence-electron chi connectivity index (χ3n) is 4.32. The van der Waals surface area contributed by atoms with Gasteiger partial charge in [0.05, 0.1) is 6.61 Å². The molecule has 23 heavy (non-hydrogen) atoms. The van der Waals surface area contributed by atoms with Crippen LogP contribution in [-0.4, -0.2) is 44.8 Å². The summed E-state index contributed by atoms with van der Waals surface area (Å²) in [6.07, 6.45) is -0.0578. The van der Waals surface area contributed by atoms with Crippen LogP contribution in [0, 0.1) is 0 Å². The molecule has 2 aromatic rings. The number of tetrazole rings is 1. The summed E-state index contributed by atoms with van der Waals surface area (Å²) in [6, 6.07) is 8.93. The van der Waals surface area contributed by atoms with Crippen LogP contribution in [0.25, 0.3) is 0 Å². The van der Waals surface area contributed by atoms with Gasteiger partial charge in [-0.05, 0) is 27.0 Å². The average Bonchev–Trinajstić information content (AvgIpc) is 2.93. The molecule has 124 valence electrons. The SMILES string of the molecule is Cn1nnnc1C1CN(Cc2ccc(C(C)(C)C)cc2)CCO1. The number of morpholine rings is 1. The van der Waals surface area contributed by atoms with Crippen LogP contribution in [0.3, 0.4) is 0 Å². The lowest BCUT2D eigenvalue weighted by Gasteiger charge is -2.32. The highest BCUT2D eigenvalue weighted by Crippen LogP contribution is 2.24. The van der Waals surface area contributed by atoms with E-state index < -0.39 is 0 Å². The first-order valence-electron chi connectivity index (χ1n) is 8.09. The lowest BCUT2D eigenvalue weighted by molar-refractivity contribution is -0.0388. The smallest absolute Gasteiger partial charge is 0.181 e. The Morgan fingerprint density at radius 2 is 1.96 bits per heavy atom. The average molecular weight is 315 g/mol. The maximum absolute atomic E-state index is 5.83. The second-order valence-corrected chi connectivity index (χ2v) is 7.20. The highest BCUT2D eigenvalue weighted by Gasteiger charge is 2.26. The number of ether oxygens (including phenoxy) is 1. The summed E-state index contributed by atoms with van der Waals surface area (Å²) in [7, 11) is 1.85. The van der Waals surface area contributed by atoms with E-state index in [1.807, 2.05) is 7.05 Å². The van der Waals surface area contributed by atoms with E-state index in [1.54, 1.807) is 4.68 Å². The first kappa shape index (κ1) is 16.1. The Morgan fingerprint density at radius 3 is 2.57 bits per heavy atom. The number of benzene rings is 1. The molecule has 2 heterocycles. The highest BCUT2D eigenvalue weighted by molar-refractivity contribution is 5.27. The van der Waals surface area contributed by atoms with Crippen LogP contribution < -0.4 is 0 Å². The van der Waals surface area contributed by atoms with Gasteiger partial charge in [-0.15, -0.1) is 5.10 Å². The van der Waals surface area contributed by atoms with Gasteiger partial charge in [0.25, 0.3) is 0 Å². The Labute approximate surface area is 137 Å². The maximum Gasteiger partial charge on any atom is 0.181 e. The molecule has 1 aromatic carbocycles. The van der Waals surface area contributed by atoms with Gasteiger partial charge in [-0.3, -0.25) is 4.90 Å². The number of aromatic nitrogens is 4. The van der Waals surface area contributed by atoms with Crippen LogP contribution in [0.15, 0.2) is 24.3 Å². The Bertz CT molecular complexity index is 644. The standard InChI is InChI=1S/C17H25N5O/c1-17(2,3)14-7-5-13(6-8-14)11-22-9-10-23-15(12-22)16-18-19-20-21(16)4/h5-8,15H,9-12H2,1-4H3. The third-order valence-corrected chi connectivity index (χ3v) is 4.32. The van der Waals surface area contributed by atoms with E-state index in [9.17, 15) is 0 Å². The van der Waals surface area contributed by atoms with Crippen molar-refractivity contribution in [2.45, 2.75) is 38.8 Å². The van der Waals surface area contributed by atoms with Crippen molar-refractivity contribution in [2.24, 2.45) is 7.05 Å². The molecule has 3 rings (SSSR count). The van der Waals surface area contributed by atoms with Crippen molar-refractivity contribution in [3.8, 4) is 0 Å². The van der Waals surface area contributed by atoms with Crippen molar-refractivity contribution in [3.63, 3.8) is 0 Å². The van der Waals surface area contributed by atoms with E-state index >= 15 is 0 Å². The zero-order valence-electron chi connectivity index (χ0n) is 14.4. The van der Waals surface area contributed by atoms with Gasteiger partial charge in [0, 0.05) is 26.7 Å². The number of nitrogens with zero attached hydrogens (tertiary/aromatic N) is 5. The second kappa shape index (κ2) is 6.37. The molecule has 1 unspecified atom stereocenters. The Hall–Kier alpha value is -1.79. The van der Waals surface area contributed by atoms with Gasteiger partial charge in [0.2, 0.25) is 0 Å². The molecule has 6 nitrogen and oxygen atoms in total. The molecular formula is C17H25N5O. The van der Waals surface area contributed by atoms with Crippen molar-refractivity contribution in [3.05, 3.63) is 41.2 Å². The van der Waals surface area contributed by atoms with E-state index in [4.69, 9.17) is 4.74 Å². The molecular weight excluding hydrogens is 290 g/mol. The molecule has 1 aliphatic heterocycles. The molecule has 0 amide bonds. The summed E-state index contributed by atoms with van der Waals surface area (Å²) >= 11 is 0. The maximum atomic E-state index is 5.83. The molecule has 0 saturated carbocycles. The number of aryl methyl sites for hydroxylation is 1. The molecule has 0 radical (unpaired) electrons. The molecule has 1 aliphatic rings. The van der Waals surface area contributed by atoms with Crippen LogP contribution in [-0.2, 0) is 23.7 Å². The van der Waals surface area contributed by atoms with Gasteiger partial charge >= 0.3 is 0 Å². The lowest BCUT2D eigenvalue weighted by Crippen LogP contribution is -2.38. The Morgan fingerprint density at radius 1 is 1.22 bits per heavy atom. The van der Waals surface area contributed by atoms with Crippen LogP contribution in [0.2, 0.25) is 0 Å². The van der Waals surface area contributed by atoms with Gasteiger partial charge in [-0.2, -0.15) is 0 Å². The van der Waals surface area contributed by atoms with Crippen molar-refractivity contribution in [2.75, 3.05) is 19.7 Å². The fourth-order valence-electron chi connectivity index (χ4n) is 2.88. The number of hydrogen-bond acceptors (Lipinski definition) is 5. The summed E-state index contributed by atoms with van der Waals surface area (Å²) in [4.78, 5) is 2.40. The zero-order chi connectivity index (χ0) is 16.4. The summed E-state index contributed by atoms with van der Waals surface area (Å²) < 4.78 is 7.52. The minimum Gasteiger partial charge on any atom is -0.367 e. The van der Waals surface area contributed by atoms with Gasteiger partial charge in [0.15, 0.2) is 5.82 Å². The van der Waals surface area contributed by atoms with Crippen molar-refractivity contribution in [1.29, 1.82) is 0 Å². The summed E-state index contributed by atoms with van der Waals surface area (Å²) in [5.41, 5.74) is 2.89. The molecule has 1 aromatic heterocycles. The molecule has 6 heteroatoms. The van der Waals surface area contributed by atoms with E-state index in [2.05, 4.69) is 65.5 Å². The minimum absolute atomic E-state index is 0.0578. The van der Waals surface area contributed by atoms with E-state index in [1.165, 1.54) is 11.1 Å². The van der Waals surface area contributed by atoms with Gasteiger partial charge < -0.3 is 4.74 Å². The molecule has 0 spiro atoms. The third kappa shape index (κ3) is 3.76. The predicted octanol–water partition coefficient (Wildman–Crippen LogP) is 2.08. The van der Waals surface area contributed by atoms with E-state index in [0.717, 1.165) is 25.5 Å². The van der Waals surface area contributed by atoms with Crippen molar-refractivity contribution < 1.29 is 4.74 Å². The first-order valence-corrected chi connectivity index (χ1v) is 8.09. The molecule has 0 N–H and O–H groups in total. The molecule has 0 aliphatic carbocycles. The summed E-state index contributed by atoms with van der Waals surface area (Å²) in [5, 5.41) is 11.7. The zero-order valence-corrected chi connectivity index (χ0v) is 14.4. The molecule has 1 saturated heterocycles. The van der Waals surface area contributed by atoms with Crippen LogP contribution in [0.4, 0.5) is 0 Å². The number of rotatable bonds is 3. The van der Waals surface area contributed by atoms with E-state index in [0.29, 0.717) is 6.61 Å². The molecule has 1 atom stereocenters. The quantitative estimate of drug-likeness (QED) is 0.868. The fraction of sp³-hybridized carbons (Fsp3) is 0.588. The largest absolute Gasteiger partial charge is 0.367 e. The Balaban J connectivity index is 1.65. The first-order chi connectivity index (χ1) is 10.9. The predicted molar refractivity (Wildman–Crippen MR) is 87.9 cm³/mol. The second-order valence-electron chi connectivity index (χ2n) is 7.20. The highest BCUT2D eigenvalue weighted by atomic mass is 16.5. The molecule has 1 fully saturated rings. The van der Waals surface area contributed by atoms with Crippen LogP contribution >= 0.6 is 0 Å². The van der Waals surface area contributed by atoms with Crippen molar-refractivity contribution in [1.82, 2.24) is 25.1 Å². The lowest BCUT2D eigenvalue weighted by atomic mass is 9.87. The van der Waals surface area contributed by atoms with E-state index in [-0.39, 0.29) is 11.5 Å². The van der Waals surface area contributed by atoms with Gasteiger partial charge in [-0.25, -0.2) is 4.68 Å². The summed E-state index contributed by atoms with van der Waals surface area (Å²) in [5.74, 6) is 0.790. The minimum atomic E-state index is -0.0578.